The minimum atomic E-state index is -2.96. The van der Waals surface area contributed by atoms with Gasteiger partial charge in [0, 0.05) is 26.6 Å². The van der Waals surface area contributed by atoms with Crippen LogP contribution in [-0.2, 0) is 0 Å². The van der Waals surface area contributed by atoms with Gasteiger partial charge < -0.3 is 19.6 Å². The molecular formula is C21H32F2N2O2. The fraction of sp³-hybridized carbons (Fsp3) is 0.714. The summed E-state index contributed by atoms with van der Waals surface area (Å²) in [6.07, 6.45) is 6.02. The third-order valence-electron chi connectivity index (χ3n) is 6.32. The third kappa shape index (κ3) is 4.15. The molecule has 0 amide bonds. The summed E-state index contributed by atoms with van der Waals surface area (Å²) in [6.45, 7) is 0. The van der Waals surface area contributed by atoms with Crippen molar-refractivity contribution >= 4 is 11.4 Å². The van der Waals surface area contributed by atoms with Crippen molar-refractivity contribution in [2.24, 2.45) is 5.92 Å². The van der Waals surface area contributed by atoms with Crippen molar-refractivity contribution in [3.05, 3.63) is 18.2 Å². The predicted octanol–water partition coefficient (Wildman–Crippen LogP) is 4.65. The molecule has 0 bridgehead atoms. The number of aliphatic hydroxyl groups is 1. The van der Waals surface area contributed by atoms with Crippen molar-refractivity contribution in [2.45, 2.75) is 69.6 Å². The van der Waals surface area contributed by atoms with Gasteiger partial charge in [-0.3, -0.25) is 0 Å². The molecule has 1 aromatic carbocycles. The molecule has 1 aliphatic heterocycles. The Kier molecular flexibility index (Phi) is 6.14. The Balaban J connectivity index is 1.68. The van der Waals surface area contributed by atoms with E-state index < -0.39 is 18.2 Å². The molecule has 6 heteroatoms. The van der Waals surface area contributed by atoms with Gasteiger partial charge in [-0.2, -0.15) is 0 Å². The third-order valence-corrected chi connectivity index (χ3v) is 6.32. The molecule has 0 saturated heterocycles. The van der Waals surface area contributed by atoms with Crippen LogP contribution in [0.3, 0.4) is 0 Å². The summed E-state index contributed by atoms with van der Waals surface area (Å²) in [4.78, 5) is 3.05. The van der Waals surface area contributed by atoms with E-state index in [9.17, 15) is 5.11 Å². The molecule has 1 saturated carbocycles. The maximum Gasteiger partial charge on any atom is 0.272 e. The second kappa shape index (κ2) is 8.21. The van der Waals surface area contributed by atoms with Crippen LogP contribution >= 0.6 is 0 Å². The highest BCUT2D eigenvalue weighted by Gasteiger charge is 2.50. The number of nitrogens with zero attached hydrogens (tertiary/aromatic N) is 2. The van der Waals surface area contributed by atoms with Crippen molar-refractivity contribution in [1.82, 2.24) is 0 Å². The van der Waals surface area contributed by atoms with E-state index in [0.29, 0.717) is 23.5 Å². The van der Waals surface area contributed by atoms with Crippen molar-refractivity contribution in [2.75, 3.05) is 31.0 Å². The van der Waals surface area contributed by atoms with Crippen LogP contribution in [0.2, 0.25) is 0 Å². The molecule has 1 N–H and O–H groups in total. The highest BCUT2D eigenvalue weighted by atomic mass is 19.3. The zero-order chi connectivity index (χ0) is 19.6. The van der Waals surface area contributed by atoms with Gasteiger partial charge in [-0.25, -0.2) is 8.78 Å². The number of likely N-dealkylation sites (N-methyl/N-ethyl adjacent to an activating group) is 2. The Labute approximate surface area is 161 Å². The Hall–Kier alpha value is -1.56. The molecule has 1 aliphatic carbocycles. The molecular weight excluding hydrogens is 350 g/mol. The molecule has 1 fully saturated rings. The average molecular weight is 382 g/mol. The second-order valence-corrected chi connectivity index (χ2v) is 8.09. The molecule has 2 aliphatic rings. The van der Waals surface area contributed by atoms with E-state index in [1.54, 1.807) is 39.4 Å². The number of aliphatic hydroxyl groups excluding tert-OH is 1. The number of fused-ring (bicyclic) bond motifs is 1. The maximum absolute atomic E-state index is 15.1. The van der Waals surface area contributed by atoms with Crippen LogP contribution in [-0.4, -0.2) is 44.5 Å². The SMILES string of the molecule is COc1ccc2c(c1)N(C)C(O)C(C(F)(F)CCCCC1CCCC1)N2C. The van der Waals surface area contributed by atoms with Crippen LogP contribution < -0.4 is 14.5 Å². The topological polar surface area (TPSA) is 35.9 Å². The number of hydrogen-bond donors (Lipinski definition) is 1. The minimum absolute atomic E-state index is 0.189. The molecule has 152 valence electrons. The maximum atomic E-state index is 15.1. The minimum Gasteiger partial charge on any atom is -0.497 e. The highest BCUT2D eigenvalue weighted by Crippen LogP contribution is 2.43. The number of halogens is 2. The van der Waals surface area contributed by atoms with Crippen molar-refractivity contribution in [3.8, 4) is 5.75 Å². The van der Waals surface area contributed by atoms with Gasteiger partial charge in [0.1, 0.15) is 11.8 Å². The summed E-state index contributed by atoms with van der Waals surface area (Å²) in [5.74, 6) is -1.59. The lowest BCUT2D eigenvalue weighted by molar-refractivity contribution is -0.0746. The first-order chi connectivity index (χ1) is 12.8. The van der Waals surface area contributed by atoms with Crippen LogP contribution in [0, 0.1) is 5.92 Å². The summed E-state index contributed by atoms with van der Waals surface area (Å²) < 4.78 is 35.4. The van der Waals surface area contributed by atoms with Crippen molar-refractivity contribution in [3.63, 3.8) is 0 Å². The molecule has 4 nitrogen and oxygen atoms in total. The number of rotatable bonds is 7. The Morgan fingerprint density at radius 2 is 1.81 bits per heavy atom. The van der Waals surface area contributed by atoms with E-state index in [2.05, 4.69) is 0 Å². The zero-order valence-corrected chi connectivity index (χ0v) is 16.6. The summed E-state index contributed by atoms with van der Waals surface area (Å²) in [6, 6.07) is 4.04. The van der Waals surface area contributed by atoms with Gasteiger partial charge in [0.15, 0.2) is 6.23 Å². The summed E-state index contributed by atoms with van der Waals surface area (Å²) >= 11 is 0. The number of unbranched alkanes of at least 4 members (excludes halogenated alkanes) is 1. The van der Waals surface area contributed by atoms with Gasteiger partial charge >= 0.3 is 0 Å². The molecule has 2 unspecified atom stereocenters. The second-order valence-electron chi connectivity index (χ2n) is 8.09. The van der Waals surface area contributed by atoms with E-state index in [-0.39, 0.29) is 6.42 Å². The first-order valence-electron chi connectivity index (χ1n) is 10.0. The number of benzene rings is 1. The van der Waals surface area contributed by atoms with E-state index in [0.717, 1.165) is 18.8 Å². The van der Waals surface area contributed by atoms with Crippen LogP contribution in [0.1, 0.15) is 51.4 Å². The Morgan fingerprint density at radius 3 is 2.48 bits per heavy atom. The lowest BCUT2D eigenvalue weighted by atomic mass is 9.94. The van der Waals surface area contributed by atoms with E-state index >= 15 is 8.78 Å². The lowest BCUT2D eigenvalue weighted by Crippen LogP contribution is -2.61. The molecule has 3 rings (SSSR count). The number of ether oxygens (including phenoxy) is 1. The van der Waals surface area contributed by atoms with Crippen LogP contribution in [0.4, 0.5) is 20.2 Å². The Morgan fingerprint density at radius 1 is 1.11 bits per heavy atom. The summed E-state index contributed by atoms with van der Waals surface area (Å²) in [5, 5.41) is 10.6. The first-order valence-corrected chi connectivity index (χ1v) is 10.0. The summed E-state index contributed by atoms with van der Waals surface area (Å²) in [7, 11) is 4.85. The number of methoxy groups -OCH3 is 1. The fourth-order valence-electron chi connectivity index (χ4n) is 4.66. The molecule has 0 aromatic heterocycles. The van der Waals surface area contributed by atoms with E-state index in [1.807, 2.05) is 0 Å². The lowest BCUT2D eigenvalue weighted by Gasteiger charge is -2.47. The van der Waals surface area contributed by atoms with Crippen molar-refractivity contribution < 1.29 is 18.6 Å². The normalized spacial score (nSPS) is 23.6. The standard InChI is InChI=1S/C21H32F2N2O2/c1-24-17-12-11-16(27-3)14-18(17)25(2)20(26)19(24)21(22,23)13-7-6-10-15-8-4-5-9-15/h11-12,14-15,19-20,26H,4-10,13H2,1-3H3. The van der Waals surface area contributed by atoms with Gasteiger partial charge in [0.2, 0.25) is 0 Å². The molecule has 27 heavy (non-hydrogen) atoms. The Bertz CT molecular complexity index is 635. The molecule has 1 heterocycles. The monoisotopic (exact) mass is 382 g/mol. The molecule has 0 spiro atoms. The fourth-order valence-corrected chi connectivity index (χ4v) is 4.66. The van der Waals surface area contributed by atoms with Crippen LogP contribution in [0.25, 0.3) is 0 Å². The van der Waals surface area contributed by atoms with Gasteiger partial charge in [-0.1, -0.05) is 38.5 Å². The van der Waals surface area contributed by atoms with Gasteiger partial charge in [-0.15, -0.1) is 0 Å². The number of anilines is 2. The summed E-state index contributed by atoms with van der Waals surface area (Å²) in [5.41, 5.74) is 1.37. The predicted molar refractivity (Wildman–Crippen MR) is 105 cm³/mol. The van der Waals surface area contributed by atoms with Crippen LogP contribution in [0.15, 0.2) is 18.2 Å². The molecule has 0 radical (unpaired) electrons. The molecule has 2 atom stereocenters. The zero-order valence-electron chi connectivity index (χ0n) is 16.6. The van der Waals surface area contributed by atoms with Crippen LogP contribution in [0.5, 0.6) is 5.75 Å². The smallest absolute Gasteiger partial charge is 0.272 e. The quantitative estimate of drug-likeness (QED) is 0.696. The van der Waals surface area contributed by atoms with Crippen molar-refractivity contribution in [1.29, 1.82) is 0 Å². The number of alkyl halides is 2. The number of hydrogen-bond acceptors (Lipinski definition) is 4. The van der Waals surface area contributed by atoms with Gasteiger partial charge in [0.05, 0.1) is 18.5 Å². The van der Waals surface area contributed by atoms with Gasteiger partial charge in [0.25, 0.3) is 5.92 Å². The van der Waals surface area contributed by atoms with Gasteiger partial charge in [-0.05, 0) is 24.5 Å². The van der Waals surface area contributed by atoms with E-state index in [1.165, 1.54) is 35.5 Å². The largest absolute Gasteiger partial charge is 0.497 e. The highest BCUT2D eigenvalue weighted by molar-refractivity contribution is 5.76. The van der Waals surface area contributed by atoms with E-state index in [4.69, 9.17) is 4.74 Å². The first kappa shape index (κ1) is 20.2. The average Bonchev–Trinajstić information content (AvgIpc) is 3.16. The molecule has 1 aromatic rings.